The molecule has 2 atom stereocenters. The van der Waals surface area contributed by atoms with Gasteiger partial charge in [-0.2, -0.15) is 0 Å². The molecule has 1 unspecified atom stereocenters. The first-order valence-electron chi connectivity index (χ1n) is 9.16. The number of rotatable bonds is 4. The van der Waals surface area contributed by atoms with Crippen molar-refractivity contribution < 1.29 is 9.47 Å². The van der Waals surface area contributed by atoms with Crippen LogP contribution in [0.2, 0.25) is 0 Å². The van der Waals surface area contributed by atoms with E-state index in [2.05, 4.69) is 34.1 Å². The lowest BCUT2D eigenvalue weighted by Gasteiger charge is -2.16. The number of nitrogen functional groups attached to an aromatic ring is 1. The number of ether oxygens (including phenoxy) is 2. The van der Waals surface area contributed by atoms with Crippen LogP contribution < -0.4 is 11.1 Å². The van der Waals surface area contributed by atoms with Gasteiger partial charge < -0.3 is 20.5 Å². The molecular weight excluding hydrogens is 320 g/mol. The molecule has 0 spiro atoms. The summed E-state index contributed by atoms with van der Waals surface area (Å²) >= 11 is 0. The van der Waals surface area contributed by atoms with Crippen LogP contribution in [0.1, 0.15) is 52.2 Å². The van der Waals surface area contributed by atoms with Crippen molar-refractivity contribution in [2.45, 2.75) is 58.3 Å². The highest BCUT2D eigenvalue weighted by molar-refractivity contribution is 5.84. The molecule has 2 saturated heterocycles. The van der Waals surface area contributed by atoms with Crippen molar-refractivity contribution in [3.63, 3.8) is 0 Å². The minimum absolute atomic E-state index is 0.0383. The summed E-state index contributed by atoms with van der Waals surface area (Å²) in [5.74, 6) is 1.16. The van der Waals surface area contributed by atoms with Crippen molar-refractivity contribution in [3.8, 4) is 0 Å². The van der Waals surface area contributed by atoms with Crippen LogP contribution >= 0.6 is 0 Å². The van der Waals surface area contributed by atoms with Crippen molar-refractivity contribution in [2.24, 2.45) is 0 Å². The van der Waals surface area contributed by atoms with Gasteiger partial charge in [0, 0.05) is 19.8 Å². The highest BCUT2D eigenvalue weighted by atomic mass is 16.5. The number of imidazole rings is 1. The Hall–Kier alpha value is -1.93. The van der Waals surface area contributed by atoms with Gasteiger partial charge >= 0.3 is 0 Å². The summed E-state index contributed by atoms with van der Waals surface area (Å²) in [6, 6.07) is 0. The van der Waals surface area contributed by atoms with Gasteiger partial charge in [-0.3, -0.25) is 4.57 Å². The van der Waals surface area contributed by atoms with Crippen molar-refractivity contribution in [1.29, 1.82) is 0 Å². The molecular formula is C17H28N6O2. The summed E-state index contributed by atoms with van der Waals surface area (Å²) in [6.45, 7) is 7.04. The van der Waals surface area contributed by atoms with E-state index >= 15 is 0 Å². The smallest absolute Gasteiger partial charge is 0.207 e. The Bertz CT molecular complexity index is 677. The Morgan fingerprint density at radius 3 is 2.68 bits per heavy atom. The van der Waals surface area contributed by atoms with Gasteiger partial charge in [-0.05, 0) is 39.0 Å². The van der Waals surface area contributed by atoms with Crippen LogP contribution in [-0.4, -0.2) is 45.4 Å². The summed E-state index contributed by atoms with van der Waals surface area (Å²) in [6.07, 6.45) is 7.26. The third kappa shape index (κ3) is 4.19. The van der Waals surface area contributed by atoms with Crippen LogP contribution in [0.3, 0.4) is 0 Å². The fourth-order valence-electron chi connectivity index (χ4n) is 3.04. The number of hydrogen-bond acceptors (Lipinski definition) is 7. The van der Waals surface area contributed by atoms with Crippen LogP contribution in [0.15, 0.2) is 6.33 Å². The zero-order valence-electron chi connectivity index (χ0n) is 15.1. The zero-order valence-corrected chi connectivity index (χ0v) is 15.1. The van der Waals surface area contributed by atoms with Crippen LogP contribution in [0.4, 0.5) is 11.8 Å². The maximum Gasteiger partial charge on any atom is 0.207 e. The molecule has 2 aromatic heterocycles. The molecule has 3 N–H and O–H groups in total. The van der Waals surface area contributed by atoms with Crippen molar-refractivity contribution in [1.82, 2.24) is 19.5 Å². The lowest BCUT2D eigenvalue weighted by atomic mass is 10.2. The summed E-state index contributed by atoms with van der Waals surface area (Å²) in [5.41, 5.74) is 7.26. The van der Waals surface area contributed by atoms with Gasteiger partial charge in [0.2, 0.25) is 5.95 Å². The quantitative estimate of drug-likeness (QED) is 0.876. The molecule has 8 nitrogen and oxygen atoms in total. The number of nitrogens with one attached hydrogen (secondary N) is 1. The van der Waals surface area contributed by atoms with E-state index in [0.717, 1.165) is 50.6 Å². The van der Waals surface area contributed by atoms with Crippen LogP contribution in [0.5, 0.6) is 0 Å². The third-order valence-electron chi connectivity index (χ3n) is 4.36. The monoisotopic (exact) mass is 348 g/mol. The average molecular weight is 348 g/mol. The molecule has 138 valence electrons. The number of aromatic nitrogens is 4. The van der Waals surface area contributed by atoms with E-state index in [-0.39, 0.29) is 12.3 Å². The second-order valence-electron chi connectivity index (χ2n) is 6.46. The fourth-order valence-corrected chi connectivity index (χ4v) is 3.04. The topological polar surface area (TPSA) is 100 Å². The first-order chi connectivity index (χ1) is 12.2. The number of fused-ring (bicyclic) bond motifs is 1. The largest absolute Gasteiger partial charge is 0.382 e. The highest BCUT2D eigenvalue weighted by Crippen LogP contribution is 2.34. The molecule has 2 aliphatic rings. The molecule has 0 amide bonds. The van der Waals surface area contributed by atoms with Gasteiger partial charge in [0.1, 0.15) is 12.6 Å². The minimum Gasteiger partial charge on any atom is -0.382 e. The number of anilines is 2. The molecule has 2 aliphatic heterocycles. The molecule has 0 aliphatic carbocycles. The number of nitrogens with zero attached hydrogens (tertiary/aromatic N) is 4. The molecule has 4 heterocycles. The van der Waals surface area contributed by atoms with Crippen molar-refractivity contribution in [3.05, 3.63) is 6.33 Å². The highest BCUT2D eigenvalue weighted by Gasteiger charge is 2.28. The number of hydrogen-bond donors (Lipinski definition) is 2. The SMILES string of the molecule is C1CCOC1.CCCNc1nc2c(N)ncnc2n1C1CC[C@@H](C)O1. The van der Waals surface area contributed by atoms with Crippen LogP contribution in [0.25, 0.3) is 11.2 Å². The molecule has 4 rings (SSSR count). The molecule has 25 heavy (non-hydrogen) atoms. The van der Waals surface area contributed by atoms with E-state index in [1.54, 1.807) is 0 Å². The second kappa shape index (κ2) is 8.44. The van der Waals surface area contributed by atoms with E-state index in [9.17, 15) is 0 Å². The summed E-state index contributed by atoms with van der Waals surface area (Å²) < 4.78 is 12.9. The second-order valence-corrected chi connectivity index (χ2v) is 6.46. The molecule has 0 bridgehead atoms. The Balaban J connectivity index is 0.000000314. The molecule has 0 radical (unpaired) electrons. The maximum atomic E-state index is 5.96. The fraction of sp³-hybridized carbons (Fsp3) is 0.706. The Morgan fingerprint density at radius 2 is 2.08 bits per heavy atom. The standard InChI is InChI=1S/C13H20N6O.C4H8O/c1-3-6-15-13-18-10-11(14)16-7-17-12(10)19(13)9-5-4-8(2)20-9;1-2-4-5-3-1/h7-9H,3-6H2,1-2H3,(H,15,18)(H2,14,16,17);1-4H2/t8-,9?;/m1./s1. The normalized spacial score (nSPS) is 22.8. The van der Waals surface area contributed by atoms with E-state index in [1.165, 1.54) is 19.2 Å². The lowest BCUT2D eigenvalue weighted by Crippen LogP contribution is -2.14. The van der Waals surface area contributed by atoms with Gasteiger partial charge in [0.05, 0.1) is 6.10 Å². The van der Waals surface area contributed by atoms with Gasteiger partial charge in [0.15, 0.2) is 17.0 Å². The van der Waals surface area contributed by atoms with Gasteiger partial charge in [0.25, 0.3) is 0 Å². The Kier molecular flexibility index (Phi) is 6.04. The van der Waals surface area contributed by atoms with E-state index < -0.39 is 0 Å². The van der Waals surface area contributed by atoms with Gasteiger partial charge in [-0.15, -0.1) is 0 Å². The van der Waals surface area contributed by atoms with Gasteiger partial charge in [-0.25, -0.2) is 15.0 Å². The molecule has 2 aromatic rings. The average Bonchev–Trinajstić information content (AvgIpc) is 3.34. The van der Waals surface area contributed by atoms with Crippen LogP contribution in [-0.2, 0) is 9.47 Å². The molecule has 2 fully saturated rings. The predicted molar refractivity (Wildman–Crippen MR) is 97.4 cm³/mol. The number of nitrogens with two attached hydrogens (primary N) is 1. The molecule has 0 aromatic carbocycles. The predicted octanol–water partition coefficient (Wildman–Crippen LogP) is 2.72. The van der Waals surface area contributed by atoms with Gasteiger partial charge in [-0.1, -0.05) is 6.92 Å². The summed E-state index contributed by atoms with van der Waals surface area (Å²) in [7, 11) is 0. The lowest BCUT2D eigenvalue weighted by molar-refractivity contribution is 0.0144. The Morgan fingerprint density at radius 1 is 1.28 bits per heavy atom. The van der Waals surface area contributed by atoms with E-state index in [1.807, 2.05) is 4.57 Å². The summed E-state index contributed by atoms with van der Waals surface area (Å²) in [5, 5.41) is 3.32. The van der Waals surface area contributed by atoms with Crippen LogP contribution in [0, 0.1) is 0 Å². The maximum absolute atomic E-state index is 5.96. The summed E-state index contributed by atoms with van der Waals surface area (Å²) in [4.78, 5) is 12.9. The first-order valence-corrected chi connectivity index (χ1v) is 9.16. The van der Waals surface area contributed by atoms with E-state index in [4.69, 9.17) is 15.2 Å². The molecule has 8 heteroatoms. The molecule has 0 saturated carbocycles. The first kappa shape index (κ1) is 17.9. The van der Waals surface area contributed by atoms with Crippen molar-refractivity contribution in [2.75, 3.05) is 30.8 Å². The van der Waals surface area contributed by atoms with E-state index in [0.29, 0.717) is 11.3 Å². The zero-order chi connectivity index (χ0) is 17.6. The van der Waals surface area contributed by atoms with Crippen molar-refractivity contribution >= 4 is 22.9 Å². The Labute approximate surface area is 148 Å². The minimum atomic E-state index is -0.0383. The third-order valence-corrected chi connectivity index (χ3v) is 4.36.